The second kappa shape index (κ2) is 2.89. The first kappa shape index (κ1) is 6.64. The lowest BCUT2D eigenvalue weighted by molar-refractivity contribution is 0.196. The van der Waals surface area contributed by atoms with E-state index in [9.17, 15) is 0 Å². The molecule has 0 aliphatic carbocycles. The minimum Gasteiger partial charge on any atom is -0.502 e. The van der Waals surface area contributed by atoms with Gasteiger partial charge in [-0.25, -0.2) is 0 Å². The molecule has 4 heteroatoms. The molecule has 0 bridgehead atoms. The van der Waals surface area contributed by atoms with Gasteiger partial charge in [-0.2, -0.15) is 0 Å². The van der Waals surface area contributed by atoms with Crippen LogP contribution in [0.3, 0.4) is 0 Å². The van der Waals surface area contributed by atoms with Gasteiger partial charge >= 0.3 is 7.12 Å². The fourth-order valence-electron chi connectivity index (χ4n) is 0.757. The van der Waals surface area contributed by atoms with Crippen LogP contribution in [0.5, 0.6) is 0 Å². The highest BCUT2D eigenvalue weighted by molar-refractivity contribution is 6.49. The molecule has 0 saturated carbocycles. The molecule has 0 radical (unpaired) electrons. The van der Waals surface area contributed by atoms with Crippen molar-refractivity contribution < 1.29 is 14.8 Å². The maximum absolute atomic E-state index is 8.54. The zero-order valence-electron chi connectivity index (χ0n) is 5.08. The SMILES string of the molecule is OB(O)C1=CCCCO1. The van der Waals surface area contributed by atoms with Crippen molar-refractivity contribution in [2.24, 2.45) is 0 Å². The maximum atomic E-state index is 8.54. The average Bonchev–Trinajstić information content (AvgIpc) is 1.90. The first-order chi connectivity index (χ1) is 4.30. The summed E-state index contributed by atoms with van der Waals surface area (Å²) in [6, 6.07) is 0. The third-order valence-electron chi connectivity index (χ3n) is 1.22. The number of hydrogen-bond acceptors (Lipinski definition) is 3. The molecular formula is C5H9BO3. The summed E-state index contributed by atoms with van der Waals surface area (Å²) in [7, 11) is -1.43. The molecule has 0 saturated heterocycles. The first-order valence-corrected chi connectivity index (χ1v) is 2.99. The van der Waals surface area contributed by atoms with Crippen LogP contribution in [0.4, 0.5) is 0 Å². The van der Waals surface area contributed by atoms with E-state index in [4.69, 9.17) is 14.8 Å². The molecule has 1 heterocycles. The highest BCUT2D eigenvalue weighted by Gasteiger charge is 2.17. The van der Waals surface area contributed by atoms with E-state index in [1.165, 1.54) is 0 Å². The van der Waals surface area contributed by atoms with Crippen molar-refractivity contribution >= 4 is 7.12 Å². The smallest absolute Gasteiger partial charge is 0.502 e. The number of hydrogen-bond donors (Lipinski definition) is 2. The Morgan fingerprint density at radius 3 is 2.67 bits per heavy atom. The van der Waals surface area contributed by atoms with Crippen LogP contribution in [0.25, 0.3) is 0 Å². The number of rotatable bonds is 1. The Balaban J connectivity index is 2.46. The Morgan fingerprint density at radius 2 is 2.33 bits per heavy atom. The standard InChI is InChI=1S/C5H9BO3/c7-6(8)5-3-1-2-4-9-5/h3,7-8H,1-2,4H2. The Hall–Kier alpha value is -0.475. The topological polar surface area (TPSA) is 49.7 Å². The van der Waals surface area contributed by atoms with Gasteiger partial charge in [-0.1, -0.05) is 0 Å². The highest BCUT2D eigenvalue weighted by Crippen LogP contribution is 2.09. The molecule has 0 aromatic rings. The van der Waals surface area contributed by atoms with Crippen molar-refractivity contribution in [3.63, 3.8) is 0 Å². The predicted molar refractivity (Wildman–Crippen MR) is 33.5 cm³/mol. The monoisotopic (exact) mass is 128 g/mol. The van der Waals surface area contributed by atoms with Crippen LogP contribution in [0.15, 0.2) is 11.7 Å². The van der Waals surface area contributed by atoms with E-state index in [2.05, 4.69) is 0 Å². The van der Waals surface area contributed by atoms with Crippen LogP contribution >= 0.6 is 0 Å². The van der Waals surface area contributed by atoms with Crippen LogP contribution in [0.2, 0.25) is 0 Å². The first-order valence-electron chi connectivity index (χ1n) is 2.99. The van der Waals surface area contributed by atoms with Crippen molar-refractivity contribution in [2.45, 2.75) is 12.8 Å². The summed E-state index contributed by atoms with van der Waals surface area (Å²) in [5.74, 6) is 0. The molecule has 0 aromatic heterocycles. The predicted octanol–water partition coefficient (Wildman–Crippen LogP) is -0.307. The summed E-state index contributed by atoms with van der Waals surface area (Å²) < 4.78 is 4.90. The molecule has 9 heavy (non-hydrogen) atoms. The van der Waals surface area contributed by atoms with E-state index in [0.717, 1.165) is 12.8 Å². The van der Waals surface area contributed by atoms with Crippen molar-refractivity contribution in [1.29, 1.82) is 0 Å². The Bertz CT molecular complexity index is 121. The lowest BCUT2D eigenvalue weighted by atomic mass is 9.86. The molecule has 0 unspecified atom stereocenters. The minimum atomic E-state index is -1.43. The fraction of sp³-hybridized carbons (Fsp3) is 0.600. The minimum absolute atomic E-state index is 0.293. The molecule has 0 aromatic carbocycles. The van der Waals surface area contributed by atoms with Gasteiger partial charge in [0.1, 0.15) is 5.66 Å². The molecule has 0 spiro atoms. The molecule has 1 aliphatic rings. The van der Waals surface area contributed by atoms with Crippen molar-refractivity contribution in [1.82, 2.24) is 0 Å². The molecule has 0 fully saturated rings. The van der Waals surface area contributed by atoms with E-state index in [1.807, 2.05) is 0 Å². The van der Waals surface area contributed by atoms with E-state index >= 15 is 0 Å². The van der Waals surface area contributed by atoms with Gasteiger partial charge in [0, 0.05) is 0 Å². The molecule has 0 atom stereocenters. The van der Waals surface area contributed by atoms with Gasteiger partial charge in [0.15, 0.2) is 0 Å². The molecular weight excluding hydrogens is 119 g/mol. The van der Waals surface area contributed by atoms with Crippen LogP contribution in [-0.2, 0) is 4.74 Å². The summed E-state index contributed by atoms with van der Waals surface area (Å²) in [4.78, 5) is 0. The van der Waals surface area contributed by atoms with Gasteiger partial charge in [0.25, 0.3) is 0 Å². The summed E-state index contributed by atoms with van der Waals surface area (Å²) in [6.07, 6.45) is 3.55. The van der Waals surface area contributed by atoms with Crippen molar-refractivity contribution in [3.05, 3.63) is 11.7 Å². The van der Waals surface area contributed by atoms with Crippen LogP contribution in [0.1, 0.15) is 12.8 Å². The van der Waals surface area contributed by atoms with Crippen LogP contribution < -0.4 is 0 Å². The van der Waals surface area contributed by atoms with E-state index < -0.39 is 7.12 Å². The highest BCUT2D eigenvalue weighted by atomic mass is 16.5. The normalized spacial score (nSPS) is 18.2. The van der Waals surface area contributed by atoms with Gasteiger partial charge in [-0.15, -0.1) is 0 Å². The lowest BCUT2D eigenvalue weighted by Crippen LogP contribution is -2.20. The summed E-state index contributed by atoms with van der Waals surface area (Å²) >= 11 is 0. The molecule has 1 aliphatic heterocycles. The Labute approximate surface area is 54.1 Å². The number of ether oxygens (including phenoxy) is 1. The van der Waals surface area contributed by atoms with E-state index in [0.29, 0.717) is 12.3 Å². The second-order valence-electron chi connectivity index (χ2n) is 1.97. The maximum Gasteiger partial charge on any atom is 0.525 e. The largest absolute Gasteiger partial charge is 0.525 e. The van der Waals surface area contributed by atoms with Gasteiger partial charge in [-0.05, 0) is 18.9 Å². The summed E-state index contributed by atoms with van der Waals surface area (Å²) in [5, 5.41) is 17.1. The Morgan fingerprint density at radius 1 is 1.56 bits per heavy atom. The summed E-state index contributed by atoms with van der Waals surface area (Å²) in [6.45, 7) is 0.601. The van der Waals surface area contributed by atoms with Crippen LogP contribution in [0, 0.1) is 0 Å². The fourth-order valence-corrected chi connectivity index (χ4v) is 0.757. The van der Waals surface area contributed by atoms with Gasteiger partial charge in [0.05, 0.1) is 6.61 Å². The van der Waals surface area contributed by atoms with Crippen LogP contribution in [-0.4, -0.2) is 23.8 Å². The quantitative estimate of drug-likeness (QED) is 0.476. The molecule has 3 nitrogen and oxygen atoms in total. The third kappa shape index (κ3) is 1.73. The van der Waals surface area contributed by atoms with Crippen molar-refractivity contribution in [2.75, 3.05) is 6.61 Å². The Kier molecular flexibility index (Phi) is 2.13. The zero-order chi connectivity index (χ0) is 6.69. The van der Waals surface area contributed by atoms with E-state index in [1.54, 1.807) is 6.08 Å². The number of allylic oxidation sites excluding steroid dienone is 1. The van der Waals surface area contributed by atoms with Gasteiger partial charge in [0.2, 0.25) is 0 Å². The second-order valence-corrected chi connectivity index (χ2v) is 1.97. The van der Waals surface area contributed by atoms with Gasteiger partial charge < -0.3 is 14.8 Å². The molecule has 50 valence electrons. The zero-order valence-corrected chi connectivity index (χ0v) is 5.08. The third-order valence-corrected chi connectivity index (χ3v) is 1.22. The van der Waals surface area contributed by atoms with Crippen molar-refractivity contribution in [3.8, 4) is 0 Å². The average molecular weight is 128 g/mol. The molecule has 0 amide bonds. The molecule has 2 N–H and O–H groups in total. The van der Waals surface area contributed by atoms with E-state index in [-0.39, 0.29) is 0 Å². The molecule has 1 rings (SSSR count). The van der Waals surface area contributed by atoms with Gasteiger partial charge in [-0.3, -0.25) is 0 Å². The summed E-state index contributed by atoms with van der Waals surface area (Å²) in [5.41, 5.74) is 0.293. The lowest BCUT2D eigenvalue weighted by Gasteiger charge is -2.13.